The molecule has 1 aliphatic rings. The van der Waals surface area contributed by atoms with E-state index in [2.05, 4.69) is 15.2 Å². The first-order valence-electron chi connectivity index (χ1n) is 8.90. The fourth-order valence-electron chi connectivity index (χ4n) is 2.98. The van der Waals surface area contributed by atoms with E-state index in [9.17, 15) is 9.59 Å². The molecule has 144 valence electrons. The number of methoxy groups -OCH3 is 1. The van der Waals surface area contributed by atoms with Crippen molar-refractivity contribution in [2.75, 3.05) is 50.1 Å². The molecule has 2 aromatic rings. The van der Waals surface area contributed by atoms with Gasteiger partial charge in [-0.1, -0.05) is 0 Å². The van der Waals surface area contributed by atoms with Gasteiger partial charge in [-0.2, -0.15) is 5.26 Å². The highest BCUT2D eigenvalue weighted by Crippen LogP contribution is 2.17. The number of pyridine rings is 1. The molecular weight excluding hydrogens is 358 g/mol. The first-order valence-corrected chi connectivity index (χ1v) is 8.90. The number of nitrogens with one attached hydrogen (secondary N) is 1. The molecule has 1 N–H and O–H groups in total. The van der Waals surface area contributed by atoms with Gasteiger partial charge in [-0.3, -0.25) is 9.59 Å². The van der Waals surface area contributed by atoms with Crippen LogP contribution >= 0.6 is 0 Å². The third-order valence-corrected chi connectivity index (χ3v) is 4.46. The van der Waals surface area contributed by atoms with Crippen LogP contribution in [0.5, 0.6) is 0 Å². The van der Waals surface area contributed by atoms with E-state index in [4.69, 9.17) is 10.00 Å². The first-order chi connectivity index (χ1) is 13.6. The molecule has 1 aliphatic heterocycles. The average molecular weight is 379 g/mol. The van der Waals surface area contributed by atoms with Crippen molar-refractivity contribution in [1.29, 1.82) is 5.26 Å². The highest BCUT2D eigenvalue weighted by atomic mass is 16.5. The Morgan fingerprint density at radius 1 is 1.14 bits per heavy atom. The van der Waals surface area contributed by atoms with Gasteiger partial charge in [-0.25, -0.2) is 4.98 Å². The summed E-state index contributed by atoms with van der Waals surface area (Å²) >= 11 is 0. The standard InChI is InChI=1S/C20H21N5O3/c1-28-14-19(26)23-17-6-7-18(22-13-17)24-8-10-25(11-9-24)20(27)16-4-2-15(12-21)3-5-16/h2-7,13H,8-11,14H2,1H3,(H,23,26). The van der Waals surface area contributed by atoms with Crippen molar-refractivity contribution >= 4 is 23.3 Å². The molecule has 0 bridgehead atoms. The fraction of sp³-hybridized carbons (Fsp3) is 0.300. The van der Waals surface area contributed by atoms with Crippen LogP contribution in [0.25, 0.3) is 0 Å². The summed E-state index contributed by atoms with van der Waals surface area (Å²) in [5.41, 5.74) is 1.73. The van der Waals surface area contributed by atoms with E-state index in [1.165, 1.54) is 7.11 Å². The Hall–Kier alpha value is -3.44. The Kier molecular flexibility index (Phi) is 6.19. The second-order valence-corrected chi connectivity index (χ2v) is 6.35. The quantitative estimate of drug-likeness (QED) is 0.845. The van der Waals surface area contributed by atoms with Gasteiger partial charge in [-0.15, -0.1) is 0 Å². The maximum absolute atomic E-state index is 12.6. The number of carbonyl (C=O) groups is 2. The summed E-state index contributed by atoms with van der Waals surface area (Å²) < 4.78 is 4.78. The van der Waals surface area contributed by atoms with E-state index >= 15 is 0 Å². The summed E-state index contributed by atoms with van der Waals surface area (Å²) in [6.07, 6.45) is 1.61. The predicted molar refractivity (Wildman–Crippen MR) is 104 cm³/mol. The van der Waals surface area contributed by atoms with Crippen LogP contribution in [0.2, 0.25) is 0 Å². The van der Waals surface area contributed by atoms with E-state index in [0.717, 1.165) is 5.82 Å². The molecule has 2 amide bonds. The minimum absolute atomic E-state index is 0.00300. The van der Waals surface area contributed by atoms with Gasteiger partial charge in [0, 0.05) is 38.9 Å². The van der Waals surface area contributed by atoms with Crippen molar-refractivity contribution < 1.29 is 14.3 Å². The zero-order valence-electron chi connectivity index (χ0n) is 15.6. The van der Waals surface area contributed by atoms with E-state index in [1.54, 1.807) is 41.4 Å². The molecular formula is C20H21N5O3. The highest BCUT2D eigenvalue weighted by Gasteiger charge is 2.22. The lowest BCUT2D eigenvalue weighted by atomic mass is 10.1. The molecule has 2 heterocycles. The largest absolute Gasteiger partial charge is 0.375 e. The van der Waals surface area contributed by atoms with Crippen LogP contribution in [0.4, 0.5) is 11.5 Å². The lowest BCUT2D eigenvalue weighted by Crippen LogP contribution is -2.49. The number of ether oxygens (including phenoxy) is 1. The second kappa shape index (κ2) is 8.97. The molecule has 0 atom stereocenters. The minimum atomic E-state index is -0.230. The normalized spacial score (nSPS) is 13.7. The zero-order valence-corrected chi connectivity index (χ0v) is 15.6. The van der Waals surface area contributed by atoms with Gasteiger partial charge < -0.3 is 19.9 Å². The summed E-state index contributed by atoms with van der Waals surface area (Å²) in [6, 6.07) is 12.4. The van der Waals surface area contributed by atoms with Gasteiger partial charge >= 0.3 is 0 Å². The molecule has 8 heteroatoms. The Labute approximate surface area is 163 Å². The number of nitriles is 1. The van der Waals surface area contributed by atoms with Crippen LogP contribution in [-0.4, -0.2) is 61.6 Å². The van der Waals surface area contributed by atoms with Crippen LogP contribution < -0.4 is 10.2 Å². The molecule has 0 spiro atoms. The Morgan fingerprint density at radius 2 is 1.86 bits per heavy atom. The summed E-state index contributed by atoms with van der Waals surface area (Å²) in [6.45, 7) is 2.52. The maximum Gasteiger partial charge on any atom is 0.253 e. The van der Waals surface area contributed by atoms with E-state index < -0.39 is 0 Å². The molecule has 0 saturated carbocycles. The molecule has 28 heavy (non-hydrogen) atoms. The van der Waals surface area contributed by atoms with Gasteiger partial charge in [0.15, 0.2) is 0 Å². The number of amides is 2. The van der Waals surface area contributed by atoms with E-state index in [-0.39, 0.29) is 18.4 Å². The average Bonchev–Trinajstić information content (AvgIpc) is 2.74. The summed E-state index contributed by atoms with van der Waals surface area (Å²) in [5.74, 6) is 0.537. The van der Waals surface area contributed by atoms with E-state index in [0.29, 0.717) is 43.0 Å². The number of nitrogens with zero attached hydrogens (tertiary/aromatic N) is 4. The molecule has 0 aliphatic carbocycles. The highest BCUT2D eigenvalue weighted by molar-refractivity contribution is 5.94. The minimum Gasteiger partial charge on any atom is -0.375 e. The van der Waals surface area contributed by atoms with Crippen molar-refractivity contribution in [1.82, 2.24) is 9.88 Å². The lowest BCUT2D eigenvalue weighted by Gasteiger charge is -2.35. The zero-order chi connectivity index (χ0) is 19.9. The number of carbonyl (C=O) groups excluding carboxylic acids is 2. The summed E-state index contributed by atoms with van der Waals surface area (Å²) in [5, 5.41) is 11.6. The molecule has 1 aromatic carbocycles. The molecule has 1 saturated heterocycles. The van der Waals surface area contributed by atoms with Gasteiger partial charge in [0.25, 0.3) is 5.91 Å². The topological polar surface area (TPSA) is 98.6 Å². The second-order valence-electron chi connectivity index (χ2n) is 6.35. The molecule has 3 rings (SSSR count). The van der Waals surface area contributed by atoms with Crippen LogP contribution in [0.15, 0.2) is 42.6 Å². The third kappa shape index (κ3) is 4.64. The molecule has 1 aromatic heterocycles. The van der Waals surface area contributed by atoms with Crippen molar-refractivity contribution in [3.8, 4) is 6.07 Å². The Balaban J connectivity index is 1.55. The maximum atomic E-state index is 12.6. The predicted octanol–water partition coefficient (Wildman–Crippen LogP) is 1.50. The van der Waals surface area contributed by atoms with Crippen LogP contribution in [0.1, 0.15) is 15.9 Å². The SMILES string of the molecule is COCC(=O)Nc1ccc(N2CCN(C(=O)c3ccc(C#N)cc3)CC2)nc1. The van der Waals surface area contributed by atoms with Crippen molar-refractivity contribution in [2.45, 2.75) is 0 Å². The van der Waals surface area contributed by atoms with Gasteiger partial charge in [-0.05, 0) is 36.4 Å². The third-order valence-electron chi connectivity index (χ3n) is 4.46. The number of hydrogen-bond acceptors (Lipinski definition) is 6. The number of anilines is 2. The van der Waals surface area contributed by atoms with Crippen LogP contribution in [0, 0.1) is 11.3 Å². The number of rotatable bonds is 5. The van der Waals surface area contributed by atoms with Crippen molar-refractivity contribution in [2.24, 2.45) is 0 Å². The smallest absolute Gasteiger partial charge is 0.253 e. The first kappa shape index (κ1) is 19.3. The van der Waals surface area contributed by atoms with Crippen LogP contribution in [-0.2, 0) is 9.53 Å². The van der Waals surface area contributed by atoms with Crippen molar-refractivity contribution in [3.63, 3.8) is 0 Å². The fourth-order valence-corrected chi connectivity index (χ4v) is 2.98. The molecule has 1 fully saturated rings. The Bertz CT molecular complexity index is 866. The summed E-state index contributed by atoms with van der Waals surface area (Å²) in [4.78, 5) is 32.4. The molecule has 0 unspecified atom stereocenters. The monoisotopic (exact) mass is 379 g/mol. The van der Waals surface area contributed by atoms with Gasteiger partial charge in [0.1, 0.15) is 12.4 Å². The molecule has 0 radical (unpaired) electrons. The summed E-state index contributed by atoms with van der Waals surface area (Å²) in [7, 11) is 1.46. The van der Waals surface area contributed by atoms with Gasteiger partial charge in [0.05, 0.1) is 23.5 Å². The van der Waals surface area contributed by atoms with Crippen LogP contribution in [0.3, 0.4) is 0 Å². The van der Waals surface area contributed by atoms with Gasteiger partial charge in [0.2, 0.25) is 5.91 Å². The number of benzene rings is 1. The molecule has 8 nitrogen and oxygen atoms in total. The van der Waals surface area contributed by atoms with E-state index in [1.807, 2.05) is 12.1 Å². The number of piperazine rings is 1. The number of hydrogen-bond donors (Lipinski definition) is 1. The lowest BCUT2D eigenvalue weighted by molar-refractivity contribution is -0.119. The Morgan fingerprint density at radius 3 is 2.43 bits per heavy atom. The number of aromatic nitrogens is 1. The van der Waals surface area contributed by atoms with Crippen molar-refractivity contribution in [3.05, 3.63) is 53.7 Å².